The summed E-state index contributed by atoms with van der Waals surface area (Å²) in [5.41, 5.74) is 1.83. The second-order valence-electron chi connectivity index (χ2n) is 4.34. The minimum absolute atomic E-state index is 0.0466. The monoisotopic (exact) mass is 289 g/mol. The Hall–Kier alpha value is -2.13. The van der Waals surface area contributed by atoms with Crippen LogP contribution in [0.3, 0.4) is 0 Å². The number of rotatable bonds is 5. The molecule has 0 aliphatic heterocycles. The Morgan fingerprint density at radius 2 is 2.10 bits per heavy atom. The summed E-state index contributed by atoms with van der Waals surface area (Å²) in [4.78, 5) is 4.20. The van der Waals surface area contributed by atoms with E-state index >= 15 is 0 Å². The molecule has 0 fully saturated rings. The lowest BCUT2D eigenvalue weighted by atomic mass is 10.1. The van der Waals surface area contributed by atoms with Crippen LogP contribution < -0.4 is 5.32 Å². The molecule has 0 bridgehead atoms. The topological polar surface area (TPSA) is 82.9 Å². The zero-order chi connectivity index (χ0) is 14.6. The van der Waals surface area contributed by atoms with Crippen LogP contribution in [-0.4, -0.2) is 31.5 Å². The average molecular weight is 289 g/mol. The van der Waals surface area contributed by atoms with E-state index in [1.165, 1.54) is 6.20 Å². The number of nitrogens with one attached hydrogen (secondary N) is 1. The molecule has 2 aromatic rings. The maximum absolute atomic E-state index is 11.5. The van der Waals surface area contributed by atoms with Gasteiger partial charge in [0, 0.05) is 23.9 Å². The van der Waals surface area contributed by atoms with Crippen LogP contribution in [-0.2, 0) is 9.84 Å². The lowest BCUT2D eigenvalue weighted by Gasteiger charge is -2.11. The highest BCUT2D eigenvalue weighted by Gasteiger charge is 2.10. The smallest absolute Gasteiger partial charge is 0.151 e. The van der Waals surface area contributed by atoms with Gasteiger partial charge >= 0.3 is 0 Å². The number of fused-ring (bicyclic) bond motifs is 1. The van der Waals surface area contributed by atoms with E-state index < -0.39 is 9.84 Å². The van der Waals surface area contributed by atoms with Crippen LogP contribution in [0.25, 0.3) is 10.9 Å². The van der Waals surface area contributed by atoms with Crippen molar-refractivity contribution >= 4 is 26.4 Å². The third kappa shape index (κ3) is 3.06. The van der Waals surface area contributed by atoms with Crippen LogP contribution in [0.5, 0.6) is 0 Å². The third-order valence-corrected chi connectivity index (χ3v) is 4.76. The molecule has 0 unspecified atom stereocenters. The maximum Gasteiger partial charge on any atom is 0.151 e. The summed E-state index contributed by atoms with van der Waals surface area (Å²) >= 11 is 0. The molecule has 0 aliphatic rings. The minimum atomic E-state index is -3.02. The van der Waals surface area contributed by atoms with E-state index in [2.05, 4.69) is 16.4 Å². The molecular formula is C14H15N3O2S. The first kappa shape index (κ1) is 14.3. The standard InChI is InChI=1S/C14H15N3O2S/c1-2-20(18,19)8-7-16-14-11(9-15)10-17-13-6-4-3-5-12(13)14/h3-6,10H,2,7-8H2,1H3,(H,16,17). The zero-order valence-corrected chi connectivity index (χ0v) is 11.9. The number of nitrogens with zero attached hydrogens (tertiary/aromatic N) is 2. The summed E-state index contributed by atoms with van der Waals surface area (Å²) in [6.45, 7) is 1.90. The SMILES string of the molecule is CCS(=O)(=O)CCNc1c(C#N)cnc2ccccc12. The highest BCUT2D eigenvalue weighted by Crippen LogP contribution is 2.25. The molecule has 1 aromatic carbocycles. The number of para-hydroxylation sites is 1. The Bertz CT molecular complexity index is 764. The molecule has 0 aliphatic carbocycles. The van der Waals surface area contributed by atoms with Gasteiger partial charge in [-0.2, -0.15) is 5.26 Å². The number of sulfone groups is 1. The molecule has 0 atom stereocenters. The molecule has 1 heterocycles. The molecule has 2 rings (SSSR count). The first-order valence-corrected chi connectivity index (χ1v) is 8.11. The largest absolute Gasteiger partial charge is 0.382 e. The third-order valence-electron chi connectivity index (χ3n) is 3.05. The molecule has 5 nitrogen and oxygen atoms in total. The predicted molar refractivity (Wildman–Crippen MR) is 79.3 cm³/mol. The molecule has 0 saturated heterocycles. The van der Waals surface area contributed by atoms with Crippen molar-refractivity contribution < 1.29 is 8.42 Å². The summed E-state index contributed by atoms with van der Waals surface area (Å²) < 4.78 is 23.0. The quantitative estimate of drug-likeness (QED) is 0.909. The maximum atomic E-state index is 11.5. The van der Waals surface area contributed by atoms with Gasteiger partial charge in [0.05, 0.1) is 22.5 Å². The van der Waals surface area contributed by atoms with Gasteiger partial charge in [0.1, 0.15) is 6.07 Å². The fraction of sp³-hybridized carbons (Fsp3) is 0.286. The number of benzene rings is 1. The van der Waals surface area contributed by atoms with Crippen LogP contribution in [0.2, 0.25) is 0 Å². The van der Waals surface area contributed by atoms with Crippen molar-refractivity contribution in [3.05, 3.63) is 36.0 Å². The van der Waals surface area contributed by atoms with Gasteiger partial charge in [-0.05, 0) is 6.07 Å². The molecule has 1 N–H and O–H groups in total. The van der Waals surface area contributed by atoms with E-state index in [9.17, 15) is 8.42 Å². The van der Waals surface area contributed by atoms with Crippen LogP contribution in [0.4, 0.5) is 5.69 Å². The molecule has 6 heteroatoms. The number of nitriles is 1. The van der Waals surface area contributed by atoms with E-state index in [1.54, 1.807) is 6.92 Å². The van der Waals surface area contributed by atoms with E-state index in [0.29, 0.717) is 11.3 Å². The van der Waals surface area contributed by atoms with Crippen LogP contribution in [0.15, 0.2) is 30.5 Å². The van der Waals surface area contributed by atoms with Gasteiger partial charge in [0.25, 0.3) is 0 Å². The molecule has 104 valence electrons. The van der Waals surface area contributed by atoms with Crippen molar-refractivity contribution in [1.29, 1.82) is 5.26 Å². The van der Waals surface area contributed by atoms with Gasteiger partial charge < -0.3 is 5.32 Å². The molecule has 0 amide bonds. The number of hydrogen-bond acceptors (Lipinski definition) is 5. The van der Waals surface area contributed by atoms with Crippen molar-refractivity contribution in [1.82, 2.24) is 4.98 Å². The second kappa shape index (κ2) is 5.88. The van der Waals surface area contributed by atoms with Crippen LogP contribution in [0, 0.1) is 11.3 Å². The molecular weight excluding hydrogens is 274 g/mol. The van der Waals surface area contributed by atoms with Gasteiger partial charge in [-0.15, -0.1) is 0 Å². The predicted octanol–water partition coefficient (Wildman–Crippen LogP) is 1.95. The Kier molecular flexibility index (Phi) is 4.20. The van der Waals surface area contributed by atoms with Crippen molar-refractivity contribution in [3.63, 3.8) is 0 Å². The zero-order valence-electron chi connectivity index (χ0n) is 11.1. The van der Waals surface area contributed by atoms with Crippen molar-refractivity contribution in [2.75, 3.05) is 23.4 Å². The Balaban J connectivity index is 2.31. The summed E-state index contributed by atoms with van der Waals surface area (Å²) in [6.07, 6.45) is 1.50. The molecule has 0 spiro atoms. The van der Waals surface area contributed by atoms with E-state index in [0.717, 1.165) is 10.9 Å². The fourth-order valence-corrected chi connectivity index (χ4v) is 2.59. The van der Waals surface area contributed by atoms with Crippen molar-refractivity contribution in [2.24, 2.45) is 0 Å². The number of pyridine rings is 1. The lowest BCUT2D eigenvalue weighted by molar-refractivity contribution is 0.597. The van der Waals surface area contributed by atoms with E-state index in [4.69, 9.17) is 5.26 Å². The molecule has 20 heavy (non-hydrogen) atoms. The number of anilines is 1. The van der Waals surface area contributed by atoms with Gasteiger partial charge in [-0.1, -0.05) is 25.1 Å². The van der Waals surface area contributed by atoms with Gasteiger partial charge in [-0.25, -0.2) is 8.42 Å². The lowest BCUT2D eigenvalue weighted by Crippen LogP contribution is -2.17. The van der Waals surface area contributed by atoms with Crippen LogP contribution >= 0.6 is 0 Å². The van der Waals surface area contributed by atoms with Gasteiger partial charge in [-0.3, -0.25) is 4.98 Å². The molecule has 0 radical (unpaired) electrons. The van der Waals surface area contributed by atoms with Gasteiger partial charge in [0.2, 0.25) is 0 Å². The average Bonchev–Trinajstić information content (AvgIpc) is 2.47. The Labute approximate surface area is 118 Å². The summed E-state index contributed by atoms with van der Waals surface area (Å²) in [5, 5.41) is 13.0. The number of hydrogen-bond donors (Lipinski definition) is 1. The van der Waals surface area contributed by atoms with E-state index in [-0.39, 0.29) is 18.1 Å². The minimum Gasteiger partial charge on any atom is -0.382 e. The first-order valence-electron chi connectivity index (χ1n) is 6.29. The highest BCUT2D eigenvalue weighted by atomic mass is 32.2. The number of aromatic nitrogens is 1. The summed E-state index contributed by atoms with van der Waals surface area (Å²) in [6, 6.07) is 9.52. The highest BCUT2D eigenvalue weighted by molar-refractivity contribution is 7.91. The fourth-order valence-electron chi connectivity index (χ4n) is 1.89. The van der Waals surface area contributed by atoms with Crippen molar-refractivity contribution in [2.45, 2.75) is 6.92 Å². The van der Waals surface area contributed by atoms with Crippen LogP contribution in [0.1, 0.15) is 12.5 Å². The normalized spacial score (nSPS) is 11.2. The van der Waals surface area contributed by atoms with E-state index in [1.807, 2.05) is 24.3 Å². The Morgan fingerprint density at radius 1 is 1.35 bits per heavy atom. The summed E-state index contributed by atoms with van der Waals surface area (Å²) in [7, 11) is -3.02. The Morgan fingerprint density at radius 3 is 2.80 bits per heavy atom. The first-order chi connectivity index (χ1) is 9.57. The van der Waals surface area contributed by atoms with Crippen molar-refractivity contribution in [3.8, 4) is 6.07 Å². The van der Waals surface area contributed by atoms with Gasteiger partial charge in [0.15, 0.2) is 9.84 Å². The molecule has 0 saturated carbocycles. The summed E-state index contributed by atoms with van der Waals surface area (Å²) in [5.74, 6) is 0.169. The molecule has 1 aromatic heterocycles. The second-order valence-corrected chi connectivity index (χ2v) is 6.81.